The highest BCUT2D eigenvalue weighted by Crippen LogP contribution is 2.37. The first-order chi connectivity index (χ1) is 10.0. The second kappa shape index (κ2) is 5.41. The molecular weight excluding hydrogens is 288 g/mol. The van der Waals surface area contributed by atoms with E-state index in [1.165, 1.54) is 16.4 Å². The van der Waals surface area contributed by atoms with Crippen LogP contribution in [0.1, 0.15) is 24.8 Å². The van der Waals surface area contributed by atoms with Crippen LogP contribution in [0.25, 0.3) is 0 Å². The van der Waals surface area contributed by atoms with Crippen LogP contribution in [0, 0.1) is 23.2 Å². The summed E-state index contributed by atoms with van der Waals surface area (Å²) in [6, 6.07) is 8.24. The fraction of sp³-hybridized carbons (Fsp3) is 0.533. The fourth-order valence-corrected chi connectivity index (χ4v) is 5.18. The lowest BCUT2D eigenvalue weighted by Crippen LogP contribution is -2.53. The summed E-state index contributed by atoms with van der Waals surface area (Å²) in [5, 5.41) is 19.3. The van der Waals surface area contributed by atoms with Crippen LogP contribution >= 0.6 is 0 Å². The number of benzene rings is 1. The molecule has 1 aromatic rings. The van der Waals surface area contributed by atoms with Crippen molar-refractivity contribution in [3.05, 3.63) is 29.8 Å². The first-order valence-electron chi connectivity index (χ1n) is 7.21. The molecule has 112 valence electrons. The van der Waals surface area contributed by atoms with Gasteiger partial charge in [-0.2, -0.15) is 9.57 Å². The van der Waals surface area contributed by atoms with Gasteiger partial charge in [0.1, 0.15) is 6.07 Å². The van der Waals surface area contributed by atoms with Crippen LogP contribution in [0.4, 0.5) is 0 Å². The Bertz CT molecular complexity index is 666. The van der Waals surface area contributed by atoms with E-state index in [1.54, 1.807) is 12.1 Å². The molecule has 5 nitrogen and oxygen atoms in total. The van der Waals surface area contributed by atoms with Crippen LogP contribution in [0.2, 0.25) is 0 Å². The zero-order chi connectivity index (χ0) is 15.0. The molecule has 2 bridgehead atoms. The molecule has 2 fully saturated rings. The van der Waals surface area contributed by atoms with Crippen molar-refractivity contribution in [2.45, 2.75) is 30.3 Å². The van der Waals surface area contributed by atoms with Crippen molar-refractivity contribution >= 4 is 10.0 Å². The quantitative estimate of drug-likeness (QED) is 0.894. The molecule has 0 radical (unpaired) electrons. The van der Waals surface area contributed by atoms with Crippen LogP contribution < -0.4 is 0 Å². The van der Waals surface area contributed by atoms with Gasteiger partial charge in [0.05, 0.1) is 16.6 Å². The molecule has 2 atom stereocenters. The lowest BCUT2D eigenvalue weighted by atomic mass is 9.76. The number of sulfonamides is 1. The monoisotopic (exact) mass is 306 g/mol. The predicted molar refractivity (Wildman–Crippen MR) is 76.8 cm³/mol. The van der Waals surface area contributed by atoms with Crippen LogP contribution in [-0.4, -0.2) is 37.0 Å². The third-order valence-corrected chi connectivity index (χ3v) is 6.51. The Morgan fingerprint density at radius 2 is 1.81 bits per heavy atom. The lowest BCUT2D eigenvalue weighted by Gasteiger charge is -2.44. The number of hydrogen-bond acceptors (Lipinski definition) is 4. The standard InChI is InChI=1S/C15H18N2O3S/c16-8-11-4-1-2-7-14(11)21(19,20)17-9-12-5-3-6-13(10-17)15(12)18/h1-2,4,7,12-13,15,18H,3,5-6,9-10H2/t12-,13-/m1/s1. The highest BCUT2D eigenvalue weighted by atomic mass is 32.2. The molecule has 1 N–H and O–H groups in total. The van der Waals surface area contributed by atoms with Crippen molar-refractivity contribution in [1.82, 2.24) is 4.31 Å². The first kappa shape index (κ1) is 14.5. The smallest absolute Gasteiger partial charge is 0.244 e. The minimum absolute atomic E-state index is 0.0153. The van der Waals surface area contributed by atoms with Gasteiger partial charge in [-0.3, -0.25) is 0 Å². The molecule has 21 heavy (non-hydrogen) atoms. The van der Waals surface area contributed by atoms with Crippen LogP contribution in [-0.2, 0) is 10.0 Å². The predicted octanol–water partition coefficient (Wildman–Crippen LogP) is 1.34. The van der Waals surface area contributed by atoms with Crippen LogP contribution in [0.3, 0.4) is 0 Å². The molecule has 1 aliphatic carbocycles. The van der Waals surface area contributed by atoms with E-state index in [0.717, 1.165) is 19.3 Å². The van der Waals surface area contributed by atoms with Gasteiger partial charge in [-0.1, -0.05) is 18.6 Å². The summed E-state index contributed by atoms with van der Waals surface area (Å²) in [6.07, 6.45) is 2.39. The third kappa shape index (κ3) is 2.46. The Morgan fingerprint density at radius 1 is 1.19 bits per heavy atom. The Kier molecular flexibility index (Phi) is 3.74. The lowest BCUT2D eigenvalue weighted by molar-refractivity contribution is -0.0269. The summed E-state index contributed by atoms with van der Waals surface area (Å²) in [4.78, 5) is 0.0713. The van der Waals surface area contributed by atoms with Gasteiger partial charge in [-0.25, -0.2) is 8.42 Å². The van der Waals surface area contributed by atoms with E-state index in [9.17, 15) is 13.5 Å². The SMILES string of the molecule is N#Cc1ccccc1S(=O)(=O)N1C[C@H]2CCC[C@H](C1)C2O. The van der Waals surface area contributed by atoms with E-state index in [-0.39, 0.29) is 22.3 Å². The van der Waals surface area contributed by atoms with Crippen molar-refractivity contribution in [2.75, 3.05) is 13.1 Å². The minimum atomic E-state index is -3.67. The molecule has 1 aromatic carbocycles. The van der Waals surface area contributed by atoms with Gasteiger partial charge >= 0.3 is 0 Å². The van der Waals surface area contributed by atoms with Gasteiger partial charge in [0.15, 0.2) is 0 Å². The van der Waals surface area contributed by atoms with E-state index in [4.69, 9.17) is 5.26 Å². The molecule has 6 heteroatoms. The first-order valence-corrected chi connectivity index (χ1v) is 8.65. The Morgan fingerprint density at radius 3 is 2.43 bits per heavy atom. The summed E-state index contributed by atoms with van der Waals surface area (Å²) in [5.41, 5.74) is 0.175. The molecule has 1 aliphatic heterocycles. The zero-order valence-electron chi connectivity index (χ0n) is 11.6. The topological polar surface area (TPSA) is 81.4 Å². The third-order valence-electron chi connectivity index (χ3n) is 4.62. The number of fused-ring (bicyclic) bond motifs is 2. The number of aliphatic hydroxyl groups excluding tert-OH is 1. The van der Waals surface area contributed by atoms with Gasteiger partial charge < -0.3 is 5.11 Å². The number of piperidine rings is 1. The van der Waals surface area contributed by atoms with Gasteiger partial charge in [0.2, 0.25) is 10.0 Å². The highest BCUT2D eigenvalue weighted by Gasteiger charge is 2.42. The molecule has 1 saturated heterocycles. The van der Waals surface area contributed by atoms with Crippen molar-refractivity contribution in [3.63, 3.8) is 0 Å². The molecule has 0 spiro atoms. The van der Waals surface area contributed by atoms with Gasteiger partial charge in [-0.05, 0) is 36.8 Å². The molecule has 0 amide bonds. The second-order valence-electron chi connectivity index (χ2n) is 5.87. The number of hydrogen-bond donors (Lipinski definition) is 1. The van der Waals surface area contributed by atoms with E-state index in [2.05, 4.69) is 0 Å². The number of nitriles is 1. The molecule has 2 aliphatic rings. The maximum atomic E-state index is 12.8. The van der Waals surface area contributed by atoms with Gasteiger partial charge in [0.25, 0.3) is 0 Å². The number of aliphatic hydroxyl groups is 1. The fourth-order valence-electron chi connectivity index (χ4n) is 3.48. The molecule has 0 unspecified atom stereocenters. The molecule has 3 rings (SSSR count). The van der Waals surface area contributed by atoms with E-state index in [1.807, 2.05) is 6.07 Å². The second-order valence-corrected chi connectivity index (χ2v) is 7.78. The maximum Gasteiger partial charge on any atom is 0.244 e. The number of nitrogens with zero attached hydrogens (tertiary/aromatic N) is 2. The van der Waals surface area contributed by atoms with Crippen molar-refractivity contribution < 1.29 is 13.5 Å². The molecular formula is C15H18N2O3S. The minimum Gasteiger partial charge on any atom is -0.392 e. The van der Waals surface area contributed by atoms with E-state index < -0.39 is 16.1 Å². The molecule has 1 heterocycles. The Labute approximate surface area is 124 Å². The number of rotatable bonds is 2. The van der Waals surface area contributed by atoms with Crippen LogP contribution in [0.15, 0.2) is 29.2 Å². The van der Waals surface area contributed by atoms with Crippen molar-refractivity contribution in [1.29, 1.82) is 5.26 Å². The molecule has 1 saturated carbocycles. The van der Waals surface area contributed by atoms with Crippen molar-refractivity contribution in [2.24, 2.45) is 11.8 Å². The summed E-state index contributed by atoms with van der Waals surface area (Å²) < 4.78 is 27.0. The Hall–Kier alpha value is -1.42. The normalized spacial score (nSPS) is 29.8. The zero-order valence-corrected chi connectivity index (χ0v) is 12.5. The highest BCUT2D eigenvalue weighted by molar-refractivity contribution is 7.89. The van der Waals surface area contributed by atoms with E-state index >= 15 is 0 Å². The maximum absolute atomic E-state index is 12.8. The Balaban J connectivity index is 1.95. The van der Waals surface area contributed by atoms with Crippen molar-refractivity contribution in [3.8, 4) is 6.07 Å². The summed E-state index contributed by atoms with van der Waals surface area (Å²) in [5.74, 6) is 0.0306. The van der Waals surface area contributed by atoms with Gasteiger partial charge in [0, 0.05) is 13.1 Å². The summed E-state index contributed by atoms with van der Waals surface area (Å²) in [7, 11) is -3.67. The average Bonchev–Trinajstić information content (AvgIpc) is 2.46. The average molecular weight is 306 g/mol. The van der Waals surface area contributed by atoms with Gasteiger partial charge in [-0.15, -0.1) is 0 Å². The molecule has 0 aromatic heterocycles. The summed E-state index contributed by atoms with van der Waals surface area (Å²) in [6.45, 7) is 0.694. The van der Waals surface area contributed by atoms with Crippen LogP contribution in [0.5, 0.6) is 0 Å². The largest absolute Gasteiger partial charge is 0.392 e. The summed E-state index contributed by atoms with van der Waals surface area (Å²) >= 11 is 0. The van der Waals surface area contributed by atoms with E-state index in [0.29, 0.717) is 13.1 Å².